The summed E-state index contributed by atoms with van der Waals surface area (Å²) in [6.45, 7) is 7.42. The highest BCUT2D eigenvalue weighted by Gasteiger charge is 2.21. The number of aryl methyl sites for hydroxylation is 1. The van der Waals surface area contributed by atoms with Crippen LogP contribution < -0.4 is 20.1 Å². The van der Waals surface area contributed by atoms with E-state index in [1.54, 1.807) is 14.2 Å². The molecule has 0 unspecified atom stereocenters. The SMILES string of the molecule is CCNC(=NCCNC(=O)c1cccc(C)c1)N1CCc2cc(OC)c(OC)cc2C1.I. The Morgan fingerprint density at radius 1 is 1.09 bits per heavy atom. The van der Waals surface area contributed by atoms with Crippen LogP contribution in [0.4, 0.5) is 0 Å². The number of guanidine groups is 1. The fourth-order valence-electron chi connectivity index (χ4n) is 3.71. The number of hydrogen-bond acceptors (Lipinski definition) is 4. The summed E-state index contributed by atoms with van der Waals surface area (Å²) in [5.41, 5.74) is 4.23. The molecule has 1 aliphatic rings. The maximum Gasteiger partial charge on any atom is 0.251 e. The maximum atomic E-state index is 12.3. The number of amides is 1. The third-order valence-corrected chi connectivity index (χ3v) is 5.29. The Morgan fingerprint density at radius 3 is 2.47 bits per heavy atom. The molecule has 0 bridgehead atoms. The summed E-state index contributed by atoms with van der Waals surface area (Å²) >= 11 is 0. The molecule has 8 heteroatoms. The Hall–Kier alpha value is -2.49. The minimum Gasteiger partial charge on any atom is -0.493 e. The van der Waals surface area contributed by atoms with E-state index in [0.29, 0.717) is 18.7 Å². The molecule has 1 amide bonds. The van der Waals surface area contributed by atoms with Gasteiger partial charge in [0.2, 0.25) is 0 Å². The summed E-state index contributed by atoms with van der Waals surface area (Å²) in [5.74, 6) is 2.29. The van der Waals surface area contributed by atoms with Crippen LogP contribution in [0.2, 0.25) is 0 Å². The molecule has 0 saturated heterocycles. The zero-order valence-electron chi connectivity index (χ0n) is 19.2. The summed E-state index contributed by atoms with van der Waals surface area (Å²) < 4.78 is 10.9. The Kier molecular flexibility index (Phi) is 10.1. The van der Waals surface area contributed by atoms with Crippen molar-refractivity contribution in [1.82, 2.24) is 15.5 Å². The normalized spacial score (nSPS) is 13.0. The van der Waals surface area contributed by atoms with Gasteiger partial charge in [0.1, 0.15) is 0 Å². The van der Waals surface area contributed by atoms with Gasteiger partial charge < -0.3 is 25.0 Å². The van der Waals surface area contributed by atoms with Crippen molar-refractivity contribution in [2.75, 3.05) is 40.4 Å². The van der Waals surface area contributed by atoms with Crippen LogP contribution in [-0.2, 0) is 13.0 Å². The number of rotatable bonds is 7. The predicted octanol–water partition coefficient (Wildman–Crippen LogP) is 3.38. The third kappa shape index (κ3) is 6.51. The van der Waals surface area contributed by atoms with Gasteiger partial charge in [0, 0.05) is 31.7 Å². The van der Waals surface area contributed by atoms with Crippen LogP contribution in [0, 0.1) is 6.92 Å². The number of methoxy groups -OCH3 is 2. The van der Waals surface area contributed by atoms with Crippen LogP contribution in [0.15, 0.2) is 41.4 Å². The van der Waals surface area contributed by atoms with Gasteiger partial charge in [-0.1, -0.05) is 17.7 Å². The molecule has 0 aliphatic carbocycles. The number of nitrogens with one attached hydrogen (secondary N) is 2. The van der Waals surface area contributed by atoms with Crippen molar-refractivity contribution in [1.29, 1.82) is 0 Å². The van der Waals surface area contributed by atoms with Crippen LogP contribution >= 0.6 is 24.0 Å². The highest BCUT2D eigenvalue weighted by Crippen LogP contribution is 2.33. The van der Waals surface area contributed by atoms with Crippen molar-refractivity contribution < 1.29 is 14.3 Å². The van der Waals surface area contributed by atoms with Crippen LogP contribution in [0.3, 0.4) is 0 Å². The highest BCUT2D eigenvalue weighted by atomic mass is 127. The summed E-state index contributed by atoms with van der Waals surface area (Å²) in [6.07, 6.45) is 0.907. The first-order chi connectivity index (χ1) is 15.0. The number of hydrogen-bond donors (Lipinski definition) is 2. The molecule has 0 spiro atoms. The first-order valence-electron chi connectivity index (χ1n) is 10.7. The molecule has 2 aromatic rings. The first-order valence-corrected chi connectivity index (χ1v) is 10.7. The summed E-state index contributed by atoms with van der Waals surface area (Å²) in [5, 5.41) is 6.32. The largest absolute Gasteiger partial charge is 0.493 e. The zero-order chi connectivity index (χ0) is 22.2. The number of aliphatic imine (C=N–C) groups is 1. The van der Waals surface area contributed by atoms with Gasteiger partial charge in [-0.3, -0.25) is 9.79 Å². The molecule has 2 N–H and O–H groups in total. The topological polar surface area (TPSA) is 75.2 Å². The van der Waals surface area contributed by atoms with Gasteiger partial charge in [0.25, 0.3) is 5.91 Å². The number of carbonyl (C=O) groups excluding carboxylic acids is 1. The number of benzene rings is 2. The van der Waals surface area contributed by atoms with E-state index in [1.807, 2.05) is 37.3 Å². The quantitative estimate of drug-likeness (QED) is 0.239. The van der Waals surface area contributed by atoms with Gasteiger partial charge in [0.15, 0.2) is 17.5 Å². The highest BCUT2D eigenvalue weighted by molar-refractivity contribution is 14.0. The predicted molar refractivity (Wildman–Crippen MR) is 139 cm³/mol. The number of ether oxygens (including phenoxy) is 2. The van der Waals surface area contributed by atoms with Gasteiger partial charge in [-0.05, 0) is 55.7 Å². The zero-order valence-corrected chi connectivity index (χ0v) is 21.6. The lowest BCUT2D eigenvalue weighted by Crippen LogP contribution is -2.44. The van der Waals surface area contributed by atoms with Gasteiger partial charge >= 0.3 is 0 Å². The second kappa shape index (κ2) is 12.5. The van der Waals surface area contributed by atoms with Crippen LogP contribution in [0.1, 0.15) is 34.0 Å². The molecule has 1 heterocycles. The average Bonchev–Trinajstić information content (AvgIpc) is 2.79. The third-order valence-electron chi connectivity index (χ3n) is 5.29. The fourth-order valence-corrected chi connectivity index (χ4v) is 3.71. The van der Waals surface area contributed by atoms with Crippen molar-refractivity contribution in [3.63, 3.8) is 0 Å². The van der Waals surface area contributed by atoms with Gasteiger partial charge in [0.05, 0.1) is 20.8 Å². The van der Waals surface area contributed by atoms with Crippen LogP contribution in [0.5, 0.6) is 11.5 Å². The van der Waals surface area contributed by atoms with Crippen molar-refractivity contribution >= 4 is 35.8 Å². The molecule has 0 fully saturated rings. The van der Waals surface area contributed by atoms with Crippen molar-refractivity contribution in [2.45, 2.75) is 26.8 Å². The summed E-state index contributed by atoms with van der Waals surface area (Å²) in [6, 6.07) is 11.7. The lowest BCUT2D eigenvalue weighted by Gasteiger charge is -2.32. The molecule has 174 valence electrons. The molecule has 2 aromatic carbocycles. The first kappa shape index (κ1) is 25.8. The van der Waals surface area contributed by atoms with E-state index in [0.717, 1.165) is 49.1 Å². The van der Waals surface area contributed by atoms with E-state index in [2.05, 4.69) is 28.5 Å². The summed E-state index contributed by atoms with van der Waals surface area (Å²) in [4.78, 5) is 19.3. The maximum absolute atomic E-state index is 12.3. The fraction of sp³-hybridized carbons (Fsp3) is 0.417. The molecule has 0 radical (unpaired) electrons. The van der Waals surface area contributed by atoms with Gasteiger partial charge in [-0.2, -0.15) is 0 Å². The Labute approximate surface area is 207 Å². The minimum atomic E-state index is -0.0724. The van der Waals surface area contributed by atoms with E-state index >= 15 is 0 Å². The second-order valence-electron chi connectivity index (χ2n) is 7.51. The lowest BCUT2D eigenvalue weighted by atomic mass is 9.99. The molecular weight excluding hydrogens is 519 g/mol. The molecule has 0 aromatic heterocycles. The van der Waals surface area contributed by atoms with Crippen molar-refractivity contribution in [2.24, 2.45) is 4.99 Å². The molecule has 7 nitrogen and oxygen atoms in total. The number of halogens is 1. The average molecular weight is 552 g/mol. The van der Waals surface area contributed by atoms with Crippen LogP contribution in [0.25, 0.3) is 0 Å². The molecular formula is C24H33IN4O3. The number of nitrogens with zero attached hydrogens (tertiary/aromatic N) is 2. The monoisotopic (exact) mass is 552 g/mol. The van der Waals surface area contributed by atoms with Crippen molar-refractivity contribution in [3.05, 3.63) is 58.7 Å². The number of carbonyl (C=O) groups is 1. The van der Waals surface area contributed by atoms with E-state index in [4.69, 9.17) is 14.5 Å². The summed E-state index contributed by atoms with van der Waals surface area (Å²) in [7, 11) is 3.31. The van der Waals surface area contributed by atoms with E-state index in [9.17, 15) is 4.79 Å². The Bertz CT molecular complexity index is 949. The van der Waals surface area contributed by atoms with E-state index < -0.39 is 0 Å². The number of fused-ring (bicyclic) bond motifs is 1. The molecule has 0 saturated carbocycles. The molecule has 1 aliphatic heterocycles. The smallest absolute Gasteiger partial charge is 0.251 e. The van der Waals surface area contributed by atoms with Crippen molar-refractivity contribution in [3.8, 4) is 11.5 Å². The standard InChI is InChI=1S/C24H32N4O3.HI/c1-5-25-24(27-11-10-26-23(29)19-8-6-7-17(2)13-19)28-12-9-18-14-21(30-3)22(31-4)15-20(18)16-28;/h6-8,13-15H,5,9-12,16H2,1-4H3,(H,25,27)(H,26,29);1H. The minimum absolute atomic E-state index is 0. The molecule has 3 rings (SSSR count). The van der Waals surface area contributed by atoms with Gasteiger partial charge in [-0.25, -0.2) is 0 Å². The second-order valence-corrected chi connectivity index (χ2v) is 7.51. The lowest BCUT2D eigenvalue weighted by molar-refractivity contribution is 0.0954. The van der Waals surface area contributed by atoms with E-state index in [-0.39, 0.29) is 29.9 Å². The Balaban J connectivity index is 0.00000363. The molecule has 0 atom stereocenters. The Morgan fingerprint density at radius 2 is 1.81 bits per heavy atom. The van der Waals surface area contributed by atoms with Crippen LogP contribution in [-0.4, -0.2) is 57.2 Å². The van der Waals surface area contributed by atoms with Gasteiger partial charge in [-0.15, -0.1) is 24.0 Å². The van der Waals surface area contributed by atoms with E-state index in [1.165, 1.54) is 11.1 Å². The molecule has 32 heavy (non-hydrogen) atoms.